The van der Waals surface area contributed by atoms with Crippen LogP contribution in [0.4, 0.5) is 14.9 Å². The number of nitrogens with two attached hydrogens (primary N) is 1. The number of anilines is 1. The van der Waals surface area contributed by atoms with Gasteiger partial charge in [-0.25, -0.2) is 9.18 Å². The van der Waals surface area contributed by atoms with Crippen LogP contribution in [0.2, 0.25) is 0 Å². The molecule has 1 atom stereocenters. The van der Waals surface area contributed by atoms with E-state index in [-0.39, 0.29) is 12.6 Å². The second kappa shape index (κ2) is 4.93. The van der Waals surface area contributed by atoms with Gasteiger partial charge >= 0.3 is 6.09 Å². The van der Waals surface area contributed by atoms with E-state index in [9.17, 15) is 9.18 Å². The van der Waals surface area contributed by atoms with Crippen LogP contribution in [0.3, 0.4) is 0 Å². The average molecular weight is 276 g/mol. The number of aromatic amines is 1. The number of H-pyrrole nitrogens is 1. The SMILES string of the molecule is NCC1CN(c2ccc(-c3ccn[nH]3)c(F)c2)C(=O)O1. The summed E-state index contributed by atoms with van der Waals surface area (Å²) in [5.74, 6) is -0.434. The van der Waals surface area contributed by atoms with Crippen molar-refractivity contribution in [3.63, 3.8) is 0 Å². The molecule has 2 aromatic rings. The zero-order valence-corrected chi connectivity index (χ0v) is 10.5. The highest BCUT2D eigenvalue weighted by Gasteiger charge is 2.31. The topological polar surface area (TPSA) is 84.2 Å². The van der Waals surface area contributed by atoms with Gasteiger partial charge in [0.15, 0.2) is 0 Å². The Bertz CT molecular complexity index is 629. The van der Waals surface area contributed by atoms with Gasteiger partial charge in [0.05, 0.1) is 17.9 Å². The van der Waals surface area contributed by atoms with Crippen molar-refractivity contribution in [2.75, 3.05) is 18.0 Å². The van der Waals surface area contributed by atoms with Crippen LogP contribution in [0.25, 0.3) is 11.3 Å². The molecular formula is C13H13FN4O2. The van der Waals surface area contributed by atoms with Gasteiger partial charge in [-0.2, -0.15) is 5.10 Å². The second-order valence-electron chi connectivity index (χ2n) is 4.49. The van der Waals surface area contributed by atoms with E-state index in [1.165, 1.54) is 11.0 Å². The maximum Gasteiger partial charge on any atom is 0.414 e. The van der Waals surface area contributed by atoms with Crippen molar-refractivity contribution in [3.05, 3.63) is 36.3 Å². The van der Waals surface area contributed by atoms with Gasteiger partial charge in [-0.3, -0.25) is 10.00 Å². The van der Waals surface area contributed by atoms with Crippen molar-refractivity contribution in [1.29, 1.82) is 0 Å². The van der Waals surface area contributed by atoms with Crippen LogP contribution in [0.1, 0.15) is 0 Å². The third kappa shape index (κ3) is 2.12. The Balaban J connectivity index is 1.89. The number of carbonyl (C=O) groups is 1. The predicted octanol–water partition coefficient (Wildman–Crippen LogP) is 1.50. The van der Waals surface area contributed by atoms with Gasteiger partial charge in [0, 0.05) is 18.3 Å². The van der Waals surface area contributed by atoms with Crippen LogP contribution < -0.4 is 10.6 Å². The summed E-state index contributed by atoms with van der Waals surface area (Å²) in [6.45, 7) is 0.579. The molecule has 0 aliphatic carbocycles. The molecule has 0 radical (unpaired) electrons. The number of nitrogens with zero attached hydrogens (tertiary/aromatic N) is 2. The van der Waals surface area contributed by atoms with Crippen LogP contribution in [0.5, 0.6) is 0 Å². The Morgan fingerprint density at radius 2 is 2.35 bits per heavy atom. The summed E-state index contributed by atoms with van der Waals surface area (Å²) in [6.07, 6.45) is 0.693. The van der Waals surface area contributed by atoms with Crippen molar-refractivity contribution >= 4 is 11.8 Å². The van der Waals surface area contributed by atoms with Crippen molar-refractivity contribution in [2.45, 2.75) is 6.10 Å². The Hall–Kier alpha value is -2.41. The largest absolute Gasteiger partial charge is 0.443 e. The summed E-state index contributed by atoms with van der Waals surface area (Å²) in [5, 5.41) is 6.48. The first-order valence-corrected chi connectivity index (χ1v) is 6.16. The summed E-state index contributed by atoms with van der Waals surface area (Å²) >= 11 is 0. The summed E-state index contributed by atoms with van der Waals surface area (Å²) in [7, 11) is 0. The Kier molecular flexibility index (Phi) is 3.11. The molecule has 0 saturated carbocycles. The minimum absolute atomic E-state index is 0.247. The zero-order chi connectivity index (χ0) is 14.1. The van der Waals surface area contributed by atoms with Crippen LogP contribution in [0.15, 0.2) is 30.5 Å². The maximum atomic E-state index is 14.1. The lowest BCUT2D eigenvalue weighted by Gasteiger charge is -2.13. The van der Waals surface area contributed by atoms with Gasteiger partial charge < -0.3 is 10.5 Å². The van der Waals surface area contributed by atoms with Gasteiger partial charge in [0.1, 0.15) is 11.9 Å². The quantitative estimate of drug-likeness (QED) is 0.889. The lowest BCUT2D eigenvalue weighted by molar-refractivity contribution is 0.145. The highest BCUT2D eigenvalue weighted by Crippen LogP contribution is 2.27. The molecule has 6 nitrogen and oxygen atoms in total. The molecule has 104 valence electrons. The second-order valence-corrected chi connectivity index (χ2v) is 4.49. The Labute approximate surface area is 114 Å². The molecule has 0 bridgehead atoms. The molecule has 1 aliphatic heterocycles. The van der Waals surface area contributed by atoms with Gasteiger partial charge in [-0.05, 0) is 24.3 Å². The molecule has 20 heavy (non-hydrogen) atoms. The molecule has 0 spiro atoms. The number of nitrogens with one attached hydrogen (secondary N) is 1. The van der Waals surface area contributed by atoms with Crippen LogP contribution in [-0.4, -0.2) is 35.5 Å². The number of hydrogen-bond donors (Lipinski definition) is 2. The first-order valence-electron chi connectivity index (χ1n) is 6.16. The molecule has 1 saturated heterocycles. The van der Waals surface area contributed by atoms with Crippen LogP contribution in [-0.2, 0) is 4.74 Å². The van der Waals surface area contributed by atoms with Gasteiger partial charge in [0.25, 0.3) is 0 Å². The number of ether oxygens (including phenoxy) is 1. The molecule has 1 aromatic carbocycles. The van der Waals surface area contributed by atoms with E-state index >= 15 is 0 Å². The number of carbonyl (C=O) groups excluding carboxylic acids is 1. The third-order valence-electron chi connectivity index (χ3n) is 3.19. The van der Waals surface area contributed by atoms with Gasteiger partial charge in [-0.15, -0.1) is 0 Å². The molecular weight excluding hydrogens is 263 g/mol. The molecule has 1 aliphatic rings. The summed E-state index contributed by atoms with van der Waals surface area (Å²) in [5.41, 5.74) is 6.89. The highest BCUT2D eigenvalue weighted by atomic mass is 19.1. The number of halogens is 1. The van der Waals surface area contributed by atoms with Crippen molar-refractivity contribution in [2.24, 2.45) is 5.73 Å². The normalized spacial score (nSPS) is 18.4. The monoisotopic (exact) mass is 276 g/mol. The lowest BCUT2D eigenvalue weighted by atomic mass is 10.1. The van der Waals surface area contributed by atoms with E-state index in [2.05, 4.69) is 10.2 Å². The van der Waals surface area contributed by atoms with E-state index in [4.69, 9.17) is 10.5 Å². The summed E-state index contributed by atoms with van der Waals surface area (Å²) < 4.78 is 19.2. The fourth-order valence-corrected chi connectivity index (χ4v) is 2.15. The number of rotatable bonds is 3. The molecule has 3 N–H and O–H groups in total. The Morgan fingerprint density at radius 3 is 2.95 bits per heavy atom. The molecule has 7 heteroatoms. The molecule has 1 fully saturated rings. The maximum absolute atomic E-state index is 14.1. The average Bonchev–Trinajstić information content (AvgIpc) is 3.07. The fourth-order valence-electron chi connectivity index (χ4n) is 2.15. The van der Waals surface area contributed by atoms with Crippen molar-refractivity contribution < 1.29 is 13.9 Å². The Morgan fingerprint density at radius 1 is 1.50 bits per heavy atom. The minimum atomic E-state index is -0.505. The standard InChI is InChI=1S/C13H13FN4O2/c14-11-5-8(18-7-9(6-15)20-13(18)19)1-2-10(11)12-3-4-16-17-12/h1-5,9H,6-7,15H2,(H,16,17). The summed E-state index contributed by atoms with van der Waals surface area (Å²) in [4.78, 5) is 13.1. The number of aromatic nitrogens is 2. The van der Waals surface area contributed by atoms with Crippen molar-refractivity contribution in [3.8, 4) is 11.3 Å². The minimum Gasteiger partial charge on any atom is -0.443 e. The van der Waals surface area contributed by atoms with E-state index in [1.807, 2.05) is 0 Å². The zero-order valence-electron chi connectivity index (χ0n) is 10.5. The van der Waals surface area contributed by atoms with E-state index in [1.54, 1.807) is 24.4 Å². The highest BCUT2D eigenvalue weighted by molar-refractivity contribution is 5.90. The number of amides is 1. The molecule has 1 aromatic heterocycles. The smallest absolute Gasteiger partial charge is 0.414 e. The molecule has 2 heterocycles. The van der Waals surface area contributed by atoms with E-state index in [0.717, 1.165) is 0 Å². The number of cyclic esters (lactones) is 1. The number of benzene rings is 1. The predicted molar refractivity (Wildman–Crippen MR) is 70.7 cm³/mol. The van der Waals surface area contributed by atoms with Gasteiger partial charge in [0.2, 0.25) is 0 Å². The van der Waals surface area contributed by atoms with Crippen LogP contribution >= 0.6 is 0 Å². The fraction of sp³-hybridized carbons (Fsp3) is 0.231. The molecule has 1 unspecified atom stereocenters. The van der Waals surface area contributed by atoms with E-state index < -0.39 is 11.9 Å². The first kappa shape index (κ1) is 12.6. The lowest BCUT2D eigenvalue weighted by Crippen LogP contribution is -2.27. The van der Waals surface area contributed by atoms with E-state index in [0.29, 0.717) is 23.5 Å². The van der Waals surface area contributed by atoms with Crippen LogP contribution in [0, 0.1) is 5.82 Å². The third-order valence-corrected chi connectivity index (χ3v) is 3.19. The number of hydrogen-bond acceptors (Lipinski definition) is 4. The van der Waals surface area contributed by atoms with Crippen molar-refractivity contribution in [1.82, 2.24) is 10.2 Å². The molecule has 3 rings (SSSR count). The molecule has 1 amide bonds. The van der Waals surface area contributed by atoms with Gasteiger partial charge in [-0.1, -0.05) is 0 Å². The summed E-state index contributed by atoms with van der Waals surface area (Å²) in [6, 6.07) is 6.24. The first-order chi connectivity index (χ1) is 9.69.